The Hall–Kier alpha value is -2.37. The monoisotopic (exact) mass is 395 g/mol. The zero-order valence-electron chi connectivity index (χ0n) is 16.9. The van der Waals surface area contributed by atoms with E-state index < -0.39 is 0 Å². The Labute approximate surface area is 171 Å². The summed E-state index contributed by atoms with van der Waals surface area (Å²) in [5.41, 5.74) is 1.14. The maximum atomic E-state index is 12.5. The molecular formula is C23H29N3O3. The van der Waals surface area contributed by atoms with Crippen molar-refractivity contribution >= 4 is 17.8 Å². The number of urea groups is 1. The second-order valence-electron chi connectivity index (χ2n) is 9.71. The number of nitrogens with zero attached hydrogens (tertiary/aromatic N) is 1. The molecule has 4 aliphatic carbocycles. The van der Waals surface area contributed by atoms with Crippen LogP contribution in [-0.4, -0.2) is 41.9 Å². The SMILES string of the molecule is CC(NC(=O)NCCN1C(=O)c2ccccc2C1=O)C12CC3CC(CC(C3)C1)C2. The number of carbonyl (C=O) groups is 3. The summed E-state index contributed by atoms with van der Waals surface area (Å²) in [5, 5.41) is 6.01. The van der Waals surface area contributed by atoms with Crippen LogP contribution in [-0.2, 0) is 0 Å². The Bertz CT molecular complexity index is 794. The fourth-order valence-electron chi connectivity index (χ4n) is 6.83. The molecular weight excluding hydrogens is 366 g/mol. The van der Waals surface area contributed by atoms with Gasteiger partial charge >= 0.3 is 6.03 Å². The van der Waals surface area contributed by atoms with Gasteiger partial charge in [-0.25, -0.2) is 4.79 Å². The highest BCUT2D eigenvalue weighted by molar-refractivity contribution is 6.21. The summed E-state index contributed by atoms with van der Waals surface area (Å²) in [6.45, 7) is 2.59. The Morgan fingerprint density at radius 2 is 1.55 bits per heavy atom. The van der Waals surface area contributed by atoms with E-state index in [0.29, 0.717) is 11.1 Å². The predicted octanol–water partition coefficient (Wildman–Crippen LogP) is 3.19. The average Bonchev–Trinajstić information content (AvgIpc) is 2.92. The minimum Gasteiger partial charge on any atom is -0.336 e. The van der Waals surface area contributed by atoms with Crippen LogP contribution in [0.5, 0.6) is 0 Å². The molecule has 4 amide bonds. The minimum absolute atomic E-state index is 0.148. The van der Waals surface area contributed by atoms with Crippen molar-refractivity contribution in [3.8, 4) is 0 Å². The number of rotatable bonds is 5. The van der Waals surface area contributed by atoms with Crippen LogP contribution in [0.25, 0.3) is 0 Å². The van der Waals surface area contributed by atoms with E-state index in [4.69, 9.17) is 0 Å². The first kappa shape index (κ1) is 18.6. The van der Waals surface area contributed by atoms with Crippen molar-refractivity contribution in [1.29, 1.82) is 0 Å². The number of hydrogen-bond acceptors (Lipinski definition) is 3. The summed E-state index contributed by atoms with van der Waals surface area (Å²) in [6.07, 6.45) is 7.90. The first-order valence-corrected chi connectivity index (χ1v) is 10.9. The molecule has 1 atom stereocenters. The van der Waals surface area contributed by atoms with Crippen molar-refractivity contribution in [2.75, 3.05) is 13.1 Å². The van der Waals surface area contributed by atoms with Crippen LogP contribution in [0.3, 0.4) is 0 Å². The lowest BCUT2D eigenvalue weighted by Gasteiger charge is -2.59. The van der Waals surface area contributed by atoms with Crippen molar-refractivity contribution < 1.29 is 14.4 Å². The third-order valence-electron chi connectivity index (χ3n) is 7.85. The molecule has 1 aliphatic heterocycles. The number of nitrogens with one attached hydrogen (secondary N) is 2. The van der Waals surface area contributed by atoms with Crippen molar-refractivity contribution in [2.24, 2.45) is 23.2 Å². The van der Waals surface area contributed by atoms with Gasteiger partial charge in [0, 0.05) is 19.1 Å². The fourth-order valence-corrected chi connectivity index (χ4v) is 6.83. The van der Waals surface area contributed by atoms with Gasteiger partial charge < -0.3 is 10.6 Å². The first-order chi connectivity index (χ1) is 13.9. The second-order valence-corrected chi connectivity index (χ2v) is 9.71. The van der Waals surface area contributed by atoms with E-state index in [2.05, 4.69) is 17.6 Å². The van der Waals surface area contributed by atoms with Crippen LogP contribution in [0.4, 0.5) is 4.79 Å². The number of benzene rings is 1. The van der Waals surface area contributed by atoms with E-state index in [9.17, 15) is 14.4 Å². The number of amides is 4. The summed E-state index contributed by atoms with van der Waals surface area (Å²) in [5.74, 6) is 1.98. The molecule has 6 heteroatoms. The molecule has 1 aromatic rings. The molecule has 2 N–H and O–H groups in total. The van der Waals surface area contributed by atoms with E-state index in [1.807, 2.05) is 0 Å². The molecule has 1 unspecified atom stereocenters. The van der Waals surface area contributed by atoms with Crippen LogP contribution in [0.2, 0.25) is 0 Å². The highest BCUT2D eigenvalue weighted by Crippen LogP contribution is 2.61. The smallest absolute Gasteiger partial charge is 0.315 e. The van der Waals surface area contributed by atoms with Gasteiger partial charge in [0.1, 0.15) is 0 Å². The summed E-state index contributed by atoms with van der Waals surface area (Å²) >= 11 is 0. The third kappa shape index (κ3) is 3.13. The van der Waals surface area contributed by atoms with Crippen LogP contribution in [0, 0.1) is 23.2 Å². The van der Waals surface area contributed by atoms with Crippen molar-refractivity contribution in [2.45, 2.75) is 51.5 Å². The molecule has 154 valence electrons. The van der Waals surface area contributed by atoms with Gasteiger partial charge in [-0.3, -0.25) is 14.5 Å². The number of carbonyl (C=O) groups excluding carboxylic acids is 3. The topological polar surface area (TPSA) is 78.5 Å². The van der Waals surface area contributed by atoms with Crippen molar-refractivity contribution in [1.82, 2.24) is 15.5 Å². The Morgan fingerprint density at radius 3 is 2.07 bits per heavy atom. The zero-order valence-corrected chi connectivity index (χ0v) is 16.9. The van der Waals surface area contributed by atoms with Crippen molar-refractivity contribution in [3.05, 3.63) is 35.4 Å². The molecule has 5 aliphatic rings. The van der Waals surface area contributed by atoms with Crippen LogP contribution >= 0.6 is 0 Å². The van der Waals surface area contributed by atoms with Gasteiger partial charge in [-0.05, 0) is 80.8 Å². The van der Waals surface area contributed by atoms with Gasteiger partial charge in [0.2, 0.25) is 0 Å². The molecule has 4 saturated carbocycles. The quantitative estimate of drug-likeness (QED) is 0.752. The van der Waals surface area contributed by atoms with E-state index in [-0.39, 0.29) is 42.4 Å². The summed E-state index contributed by atoms with van der Waals surface area (Å²) in [6, 6.07) is 6.79. The second kappa shape index (κ2) is 6.85. The molecule has 0 aromatic heterocycles. The highest BCUT2D eigenvalue weighted by atomic mass is 16.2. The van der Waals surface area contributed by atoms with Crippen LogP contribution in [0.1, 0.15) is 66.2 Å². The van der Waals surface area contributed by atoms with Crippen LogP contribution in [0.15, 0.2) is 24.3 Å². The summed E-state index contributed by atoms with van der Waals surface area (Å²) < 4.78 is 0. The largest absolute Gasteiger partial charge is 0.336 e. The predicted molar refractivity (Wildman–Crippen MR) is 108 cm³/mol. The maximum absolute atomic E-state index is 12.5. The number of fused-ring (bicyclic) bond motifs is 1. The van der Waals surface area contributed by atoms with Crippen LogP contribution < -0.4 is 10.6 Å². The number of hydrogen-bond donors (Lipinski definition) is 2. The van der Waals surface area contributed by atoms with E-state index >= 15 is 0 Å². The summed E-state index contributed by atoms with van der Waals surface area (Å²) in [7, 11) is 0. The van der Waals surface area contributed by atoms with E-state index in [0.717, 1.165) is 17.8 Å². The lowest BCUT2D eigenvalue weighted by molar-refractivity contribution is -0.0682. The first-order valence-electron chi connectivity index (χ1n) is 10.9. The van der Waals surface area contributed by atoms with Gasteiger partial charge in [0.05, 0.1) is 11.1 Å². The van der Waals surface area contributed by atoms with E-state index in [1.54, 1.807) is 24.3 Å². The standard InChI is InChI=1S/C23H29N3O3/c1-14(23-11-15-8-16(12-23)10-17(9-15)13-23)25-22(29)24-6-7-26-20(27)18-4-2-3-5-19(18)21(26)28/h2-5,14-17H,6-13H2,1H3,(H2,24,25,29). The van der Waals surface area contributed by atoms with Gasteiger partial charge in [0.15, 0.2) is 0 Å². The molecule has 29 heavy (non-hydrogen) atoms. The highest BCUT2D eigenvalue weighted by Gasteiger charge is 2.53. The molecule has 6 nitrogen and oxygen atoms in total. The normalized spacial score (nSPS) is 33.0. The lowest BCUT2D eigenvalue weighted by Crippen LogP contribution is -2.57. The maximum Gasteiger partial charge on any atom is 0.315 e. The van der Waals surface area contributed by atoms with Gasteiger partial charge in [-0.2, -0.15) is 0 Å². The Kier molecular flexibility index (Phi) is 4.41. The number of imide groups is 1. The molecule has 0 saturated heterocycles. The third-order valence-corrected chi connectivity index (χ3v) is 7.85. The average molecular weight is 396 g/mol. The van der Waals surface area contributed by atoms with Gasteiger partial charge in [0.25, 0.3) is 11.8 Å². The molecule has 1 heterocycles. The Balaban J connectivity index is 1.14. The fraction of sp³-hybridized carbons (Fsp3) is 0.609. The summed E-state index contributed by atoms with van der Waals surface area (Å²) in [4.78, 5) is 38.5. The molecule has 0 radical (unpaired) electrons. The molecule has 0 spiro atoms. The molecule has 4 fully saturated rings. The minimum atomic E-state index is -0.283. The molecule has 4 bridgehead atoms. The van der Waals surface area contributed by atoms with Gasteiger partial charge in [-0.1, -0.05) is 12.1 Å². The van der Waals surface area contributed by atoms with Crippen molar-refractivity contribution in [3.63, 3.8) is 0 Å². The van der Waals surface area contributed by atoms with E-state index in [1.165, 1.54) is 43.4 Å². The zero-order chi connectivity index (χ0) is 20.2. The molecule has 1 aromatic carbocycles. The lowest BCUT2D eigenvalue weighted by atomic mass is 9.48. The van der Waals surface area contributed by atoms with Gasteiger partial charge in [-0.15, -0.1) is 0 Å². The molecule has 6 rings (SSSR count). The Morgan fingerprint density at radius 1 is 1.03 bits per heavy atom.